The highest BCUT2D eigenvalue weighted by molar-refractivity contribution is 6.30. The molecule has 1 saturated heterocycles. The molecular formula is C31H41ClN6O. The molecule has 3 atom stereocenters. The average Bonchev–Trinajstić information content (AvgIpc) is 2.94. The minimum absolute atomic E-state index is 0.0181. The van der Waals surface area contributed by atoms with Crippen LogP contribution in [0.1, 0.15) is 30.9 Å². The van der Waals surface area contributed by atoms with Crippen molar-refractivity contribution >= 4 is 34.2 Å². The number of halogens is 1. The number of carbonyl (C=O) groups is 1. The molecular weight excluding hydrogens is 508 g/mol. The number of nitrogens with two attached hydrogens (primary N) is 1. The molecule has 7 nitrogen and oxygen atoms in total. The maximum atomic E-state index is 13.9. The van der Waals surface area contributed by atoms with Gasteiger partial charge >= 0.3 is 0 Å². The summed E-state index contributed by atoms with van der Waals surface area (Å²) in [5.74, 6) is 0.119. The third-order valence-electron chi connectivity index (χ3n) is 7.78. The van der Waals surface area contributed by atoms with Crippen LogP contribution in [-0.4, -0.2) is 73.0 Å². The molecule has 0 saturated carbocycles. The van der Waals surface area contributed by atoms with E-state index in [0.717, 1.165) is 37.9 Å². The first kappa shape index (κ1) is 28.9. The van der Waals surface area contributed by atoms with Crippen molar-refractivity contribution in [3.8, 4) is 0 Å². The second-order valence-corrected chi connectivity index (χ2v) is 11.0. The molecule has 1 fully saturated rings. The number of guanidine groups is 1. The van der Waals surface area contributed by atoms with Crippen molar-refractivity contribution < 1.29 is 4.79 Å². The van der Waals surface area contributed by atoms with Crippen molar-refractivity contribution in [3.05, 3.63) is 82.9 Å². The minimum Gasteiger partial charge on any atom is -0.370 e. The van der Waals surface area contributed by atoms with Crippen LogP contribution in [0.3, 0.4) is 0 Å². The van der Waals surface area contributed by atoms with Crippen LogP contribution in [0.5, 0.6) is 0 Å². The van der Waals surface area contributed by atoms with E-state index in [1.807, 2.05) is 31.3 Å². The number of likely N-dealkylation sites (N-methyl/N-ethyl adjacent to an activating group) is 1. The summed E-state index contributed by atoms with van der Waals surface area (Å²) in [6.45, 7) is 5.32. The summed E-state index contributed by atoms with van der Waals surface area (Å²) in [5.41, 5.74) is 7.89. The molecule has 0 radical (unpaired) electrons. The Bertz CT molecular complexity index is 1250. The summed E-state index contributed by atoms with van der Waals surface area (Å²) in [5, 5.41) is 16.8. The second-order valence-electron chi connectivity index (χ2n) is 10.6. The number of nitrogens with one attached hydrogen (secondary N) is 3. The SMILES string of the molecule is CN[C@H](Cc1ccc(Cl)cc1)C(=O)N1C[C@@H](C)N(CCc2ccc3ccccc3c2)C[C@@H]1CCCNC(=N)N. The number of benzene rings is 3. The summed E-state index contributed by atoms with van der Waals surface area (Å²) in [4.78, 5) is 18.5. The zero-order valence-electron chi connectivity index (χ0n) is 23.0. The molecule has 39 heavy (non-hydrogen) atoms. The number of fused-ring (bicyclic) bond motifs is 1. The highest BCUT2D eigenvalue weighted by Crippen LogP contribution is 2.23. The largest absolute Gasteiger partial charge is 0.370 e. The van der Waals surface area contributed by atoms with Crippen LogP contribution >= 0.6 is 11.6 Å². The Morgan fingerprint density at radius 3 is 2.51 bits per heavy atom. The predicted octanol–water partition coefficient (Wildman–Crippen LogP) is 4.03. The predicted molar refractivity (Wildman–Crippen MR) is 161 cm³/mol. The van der Waals surface area contributed by atoms with Gasteiger partial charge in [-0.15, -0.1) is 0 Å². The summed E-state index contributed by atoms with van der Waals surface area (Å²) in [7, 11) is 1.85. The molecule has 4 rings (SSSR count). The van der Waals surface area contributed by atoms with Crippen molar-refractivity contribution in [2.24, 2.45) is 5.73 Å². The Morgan fingerprint density at radius 1 is 1.08 bits per heavy atom. The first-order valence-corrected chi connectivity index (χ1v) is 14.2. The third-order valence-corrected chi connectivity index (χ3v) is 8.04. The summed E-state index contributed by atoms with van der Waals surface area (Å²) in [6.07, 6.45) is 3.27. The van der Waals surface area contributed by atoms with Crippen molar-refractivity contribution in [2.45, 2.75) is 50.7 Å². The van der Waals surface area contributed by atoms with Gasteiger partial charge in [-0.05, 0) is 73.7 Å². The lowest BCUT2D eigenvalue weighted by Gasteiger charge is -2.46. The van der Waals surface area contributed by atoms with Crippen LogP contribution in [-0.2, 0) is 17.6 Å². The minimum atomic E-state index is -0.305. The van der Waals surface area contributed by atoms with Crippen LogP contribution < -0.4 is 16.4 Å². The summed E-state index contributed by atoms with van der Waals surface area (Å²) < 4.78 is 0. The molecule has 1 heterocycles. The zero-order chi connectivity index (χ0) is 27.8. The van der Waals surface area contributed by atoms with E-state index in [9.17, 15) is 4.79 Å². The van der Waals surface area contributed by atoms with Gasteiger partial charge in [-0.2, -0.15) is 0 Å². The van der Waals surface area contributed by atoms with Crippen molar-refractivity contribution in [3.63, 3.8) is 0 Å². The molecule has 8 heteroatoms. The fourth-order valence-corrected chi connectivity index (χ4v) is 5.65. The van der Waals surface area contributed by atoms with Gasteiger partial charge in [-0.1, -0.05) is 66.2 Å². The van der Waals surface area contributed by atoms with E-state index in [-0.39, 0.29) is 30.0 Å². The third kappa shape index (κ3) is 7.94. The fraction of sp³-hybridized carbons (Fsp3) is 0.419. The number of nitrogens with zero attached hydrogens (tertiary/aromatic N) is 2. The summed E-state index contributed by atoms with van der Waals surface area (Å²) >= 11 is 6.06. The van der Waals surface area contributed by atoms with Gasteiger partial charge in [0.1, 0.15) is 0 Å². The van der Waals surface area contributed by atoms with Gasteiger partial charge in [0.15, 0.2) is 5.96 Å². The second kappa shape index (κ2) is 13.8. The van der Waals surface area contributed by atoms with Crippen LogP contribution in [0.25, 0.3) is 10.8 Å². The van der Waals surface area contributed by atoms with Gasteiger partial charge in [-0.25, -0.2) is 0 Å². The number of amides is 1. The van der Waals surface area contributed by atoms with Gasteiger partial charge in [0.2, 0.25) is 5.91 Å². The molecule has 0 aliphatic carbocycles. The molecule has 0 unspecified atom stereocenters. The summed E-state index contributed by atoms with van der Waals surface area (Å²) in [6, 6.07) is 23.0. The topological polar surface area (TPSA) is 97.5 Å². The number of rotatable bonds is 11. The lowest BCUT2D eigenvalue weighted by molar-refractivity contribution is -0.140. The van der Waals surface area contributed by atoms with Crippen LogP contribution in [0.2, 0.25) is 5.02 Å². The van der Waals surface area contributed by atoms with E-state index in [0.29, 0.717) is 24.5 Å². The first-order valence-electron chi connectivity index (χ1n) is 13.9. The van der Waals surface area contributed by atoms with E-state index in [1.165, 1.54) is 16.3 Å². The van der Waals surface area contributed by atoms with Gasteiger partial charge in [0.25, 0.3) is 0 Å². The average molecular weight is 549 g/mol. The molecule has 0 bridgehead atoms. The molecule has 1 aliphatic heterocycles. The van der Waals surface area contributed by atoms with E-state index in [4.69, 9.17) is 22.7 Å². The number of hydrogen-bond acceptors (Lipinski definition) is 4. The Morgan fingerprint density at radius 2 is 1.79 bits per heavy atom. The normalized spacial score (nSPS) is 18.7. The molecule has 5 N–H and O–H groups in total. The molecule has 0 spiro atoms. The standard InChI is InChI=1S/C31H41ClN6O/c1-22-20-38(30(39)29(35-2)19-23-10-13-27(32)14-11-23)28(8-5-16-36-31(33)34)21-37(22)17-15-24-9-12-25-6-3-4-7-26(25)18-24/h3-4,6-7,9-14,18,22,28-29,35H,5,8,15-17,19-21H2,1-2H3,(H4,33,34,36)/t22-,28+,29-/m1/s1. The van der Waals surface area contributed by atoms with E-state index in [1.54, 1.807) is 0 Å². The van der Waals surface area contributed by atoms with Gasteiger partial charge in [0.05, 0.1) is 6.04 Å². The van der Waals surface area contributed by atoms with Crippen molar-refractivity contribution in [2.75, 3.05) is 33.2 Å². The quantitative estimate of drug-likeness (QED) is 0.165. The highest BCUT2D eigenvalue weighted by Gasteiger charge is 2.36. The van der Waals surface area contributed by atoms with E-state index < -0.39 is 0 Å². The molecule has 1 amide bonds. The van der Waals surface area contributed by atoms with Crippen LogP contribution in [0.4, 0.5) is 0 Å². The highest BCUT2D eigenvalue weighted by atomic mass is 35.5. The van der Waals surface area contributed by atoms with Crippen molar-refractivity contribution in [1.82, 2.24) is 20.4 Å². The van der Waals surface area contributed by atoms with E-state index in [2.05, 4.69) is 69.8 Å². The Labute approximate surface area is 237 Å². The van der Waals surface area contributed by atoms with Gasteiger partial charge in [0, 0.05) is 43.3 Å². The first-order chi connectivity index (χ1) is 18.8. The number of carbonyl (C=O) groups excluding carboxylic acids is 1. The number of piperazine rings is 1. The number of hydrogen-bond donors (Lipinski definition) is 4. The van der Waals surface area contributed by atoms with Gasteiger partial charge in [-0.3, -0.25) is 15.1 Å². The smallest absolute Gasteiger partial charge is 0.240 e. The lowest BCUT2D eigenvalue weighted by Crippen LogP contribution is -2.62. The molecule has 3 aromatic carbocycles. The molecule has 0 aromatic heterocycles. The van der Waals surface area contributed by atoms with E-state index >= 15 is 0 Å². The monoisotopic (exact) mass is 548 g/mol. The Balaban J connectivity index is 1.44. The lowest BCUT2D eigenvalue weighted by atomic mass is 9.98. The Kier molecular flexibility index (Phi) is 10.2. The van der Waals surface area contributed by atoms with Crippen LogP contribution in [0, 0.1) is 5.41 Å². The van der Waals surface area contributed by atoms with Crippen LogP contribution in [0.15, 0.2) is 66.7 Å². The maximum Gasteiger partial charge on any atom is 0.240 e. The van der Waals surface area contributed by atoms with Crippen molar-refractivity contribution in [1.29, 1.82) is 5.41 Å². The zero-order valence-corrected chi connectivity index (χ0v) is 23.8. The molecule has 3 aromatic rings. The molecule has 208 valence electrons. The maximum absolute atomic E-state index is 13.9. The molecule has 1 aliphatic rings. The van der Waals surface area contributed by atoms with Gasteiger partial charge < -0.3 is 21.3 Å². The Hall–Kier alpha value is -3.13. The fourth-order valence-electron chi connectivity index (χ4n) is 5.52.